The van der Waals surface area contributed by atoms with Gasteiger partial charge in [0.2, 0.25) is 0 Å². The van der Waals surface area contributed by atoms with Crippen LogP contribution >= 0.6 is 0 Å². The lowest BCUT2D eigenvalue weighted by molar-refractivity contribution is 0.403. The number of methoxy groups -OCH3 is 2. The molecule has 1 aliphatic carbocycles. The third-order valence-corrected chi connectivity index (χ3v) is 3.38. The van der Waals surface area contributed by atoms with Gasteiger partial charge in [-0.3, -0.25) is 0 Å². The van der Waals surface area contributed by atoms with Crippen LogP contribution in [-0.4, -0.2) is 20.3 Å². The maximum absolute atomic E-state index is 5.37. The molecule has 1 atom stereocenters. The SMILES string of the molecule is CCC(Nc1cc(OC)ccc1OC)C1CC1. The van der Waals surface area contributed by atoms with Crippen molar-refractivity contribution in [1.82, 2.24) is 0 Å². The topological polar surface area (TPSA) is 30.5 Å². The van der Waals surface area contributed by atoms with Crippen molar-refractivity contribution >= 4 is 5.69 Å². The van der Waals surface area contributed by atoms with Crippen LogP contribution < -0.4 is 14.8 Å². The summed E-state index contributed by atoms with van der Waals surface area (Å²) in [6, 6.07) is 6.42. The van der Waals surface area contributed by atoms with Gasteiger partial charge in [-0.15, -0.1) is 0 Å². The maximum atomic E-state index is 5.37. The lowest BCUT2D eigenvalue weighted by atomic mass is 10.1. The van der Waals surface area contributed by atoms with Crippen molar-refractivity contribution in [3.63, 3.8) is 0 Å². The minimum absolute atomic E-state index is 0.552. The van der Waals surface area contributed by atoms with Crippen molar-refractivity contribution in [2.75, 3.05) is 19.5 Å². The van der Waals surface area contributed by atoms with Gasteiger partial charge in [-0.05, 0) is 37.3 Å². The fourth-order valence-corrected chi connectivity index (χ4v) is 2.18. The molecule has 0 radical (unpaired) electrons. The van der Waals surface area contributed by atoms with Gasteiger partial charge in [0.15, 0.2) is 0 Å². The summed E-state index contributed by atoms with van der Waals surface area (Å²) in [6.07, 6.45) is 3.83. The molecule has 0 spiro atoms. The van der Waals surface area contributed by atoms with Crippen LogP contribution in [0.3, 0.4) is 0 Å². The number of ether oxygens (including phenoxy) is 2. The first-order valence-corrected chi connectivity index (χ1v) is 6.27. The molecule has 1 unspecified atom stereocenters. The summed E-state index contributed by atoms with van der Waals surface area (Å²) in [5.74, 6) is 2.57. The predicted octanol–water partition coefficient (Wildman–Crippen LogP) is 3.30. The highest BCUT2D eigenvalue weighted by atomic mass is 16.5. The van der Waals surface area contributed by atoms with Gasteiger partial charge in [-0.2, -0.15) is 0 Å². The molecule has 1 fully saturated rings. The van der Waals surface area contributed by atoms with E-state index in [0.29, 0.717) is 6.04 Å². The van der Waals surface area contributed by atoms with Crippen LogP contribution in [0.25, 0.3) is 0 Å². The normalized spacial score (nSPS) is 16.4. The summed E-state index contributed by atoms with van der Waals surface area (Å²) < 4.78 is 10.6. The highest BCUT2D eigenvalue weighted by Crippen LogP contribution is 2.38. The molecule has 0 aliphatic heterocycles. The predicted molar refractivity (Wildman–Crippen MR) is 70.0 cm³/mol. The molecule has 1 aromatic carbocycles. The van der Waals surface area contributed by atoms with Crippen LogP contribution in [-0.2, 0) is 0 Å². The number of hydrogen-bond donors (Lipinski definition) is 1. The van der Waals surface area contributed by atoms with Crippen molar-refractivity contribution in [2.45, 2.75) is 32.2 Å². The summed E-state index contributed by atoms with van der Waals surface area (Å²) >= 11 is 0. The van der Waals surface area contributed by atoms with Crippen LogP contribution in [0.2, 0.25) is 0 Å². The molecule has 1 N–H and O–H groups in total. The Kier molecular flexibility index (Phi) is 3.77. The molecule has 0 heterocycles. The standard InChI is InChI=1S/C14H21NO2/c1-4-12(10-5-6-10)15-13-9-11(16-2)7-8-14(13)17-3/h7-10,12,15H,4-6H2,1-3H3. The molecular formula is C14H21NO2. The van der Waals surface area contributed by atoms with Gasteiger partial charge in [-0.25, -0.2) is 0 Å². The average molecular weight is 235 g/mol. The zero-order valence-electron chi connectivity index (χ0n) is 10.8. The molecule has 1 saturated carbocycles. The number of hydrogen-bond acceptors (Lipinski definition) is 3. The maximum Gasteiger partial charge on any atom is 0.142 e. The molecule has 3 heteroatoms. The third-order valence-electron chi connectivity index (χ3n) is 3.38. The minimum Gasteiger partial charge on any atom is -0.497 e. The van der Waals surface area contributed by atoms with E-state index >= 15 is 0 Å². The molecular weight excluding hydrogens is 214 g/mol. The van der Waals surface area contributed by atoms with E-state index in [0.717, 1.165) is 29.5 Å². The molecule has 1 aliphatic rings. The Labute approximate surface area is 103 Å². The van der Waals surface area contributed by atoms with Crippen LogP contribution in [0.4, 0.5) is 5.69 Å². The van der Waals surface area contributed by atoms with E-state index in [2.05, 4.69) is 12.2 Å². The Morgan fingerprint density at radius 3 is 2.59 bits per heavy atom. The fourth-order valence-electron chi connectivity index (χ4n) is 2.18. The van der Waals surface area contributed by atoms with Crippen molar-refractivity contribution < 1.29 is 9.47 Å². The van der Waals surface area contributed by atoms with Crippen molar-refractivity contribution in [3.8, 4) is 11.5 Å². The van der Waals surface area contributed by atoms with Gasteiger partial charge in [0.25, 0.3) is 0 Å². The third kappa shape index (κ3) is 2.84. The molecule has 3 nitrogen and oxygen atoms in total. The number of benzene rings is 1. The highest BCUT2D eigenvalue weighted by molar-refractivity contribution is 5.60. The molecule has 2 rings (SSSR count). The summed E-state index contributed by atoms with van der Waals surface area (Å²) in [4.78, 5) is 0. The highest BCUT2D eigenvalue weighted by Gasteiger charge is 2.30. The summed E-state index contributed by atoms with van der Waals surface area (Å²) in [5, 5.41) is 3.58. The first kappa shape index (κ1) is 12.1. The second kappa shape index (κ2) is 5.30. The summed E-state index contributed by atoms with van der Waals surface area (Å²) in [5.41, 5.74) is 1.03. The molecule has 0 saturated heterocycles. The van der Waals surface area contributed by atoms with Crippen LogP contribution in [0, 0.1) is 5.92 Å². The van der Waals surface area contributed by atoms with E-state index in [-0.39, 0.29) is 0 Å². The zero-order valence-corrected chi connectivity index (χ0v) is 10.8. The van der Waals surface area contributed by atoms with E-state index in [1.807, 2.05) is 18.2 Å². The van der Waals surface area contributed by atoms with E-state index < -0.39 is 0 Å². The van der Waals surface area contributed by atoms with Crippen LogP contribution in [0.5, 0.6) is 11.5 Å². The number of anilines is 1. The quantitative estimate of drug-likeness (QED) is 0.820. The van der Waals surface area contributed by atoms with E-state index in [1.54, 1.807) is 14.2 Å². The molecule has 0 bridgehead atoms. The summed E-state index contributed by atoms with van der Waals surface area (Å²) in [7, 11) is 3.38. The smallest absolute Gasteiger partial charge is 0.142 e. The molecule has 0 amide bonds. The van der Waals surface area contributed by atoms with E-state index in [9.17, 15) is 0 Å². The van der Waals surface area contributed by atoms with Gasteiger partial charge in [0.05, 0.1) is 19.9 Å². The van der Waals surface area contributed by atoms with Crippen molar-refractivity contribution in [3.05, 3.63) is 18.2 Å². The first-order chi connectivity index (χ1) is 8.28. The lowest BCUT2D eigenvalue weighted by Crippen LogP contribution is -2.21. The zero-order chi connectivity index (χ0) is 12.3. The van der Waals surface area contributed by atoms with Gasteiger partial charge >= 0.3 is 0 Å². The molecule has 94 valence electrons. The Hall–Kier alpha value is -1.38. The second-order valence-corrected chi connectivity index (χ2v) is 4.56. The van der Waals surface area contributed by atoms with Crippen LogP contribution in [0.15, 0.2) is 18.2 Å². The Morgan fingerprint density at radius 2 is 2.06 bits per heavy atom. The van der Waals surface area contributed by atoms with Crippen molar-refractivity contribution in [1.29, 1.82) is 0 Å². The van der Waals surface area contributed by atoms with Crippen LogP contribution in [0.1, 0.15) is 26.2 Å². The summed E-state index contributed by atoms with van der Waals surface area (Å²) in [6.45, 7) is 2.22. The van der Waals surface area contributed by atoms with Gasteiger partial charge in [-0.1, -0.05) is 6.92 Å². The lowest BCUT2D eigenvalue weighted by Gasteiger charge is -2.20. The molecule has 17 heavy (non-hydrogen) atoms. The average Bonchev–Trinajstić information content (AvgIpc) is 3.19. The first-order valence-electron chi connectivity index (χ1n) is 6.27. The number of rotatable bonds is 6. The van der Waals surface area contributed by atoms with E-state index in [1.165, 1.54) is 12.8 Å². The largest absolute Gasteiger partial charge is 0.497 e. The molecule has 0 aromatic heterocycles. The Morgan fingerprint density at radius 1 is 1.29 bits per heavy atom. The second-order valence-electron chi connectivity index (χ2n) is 4.56. The monoisotopic (exact) mass is 235 g/mol. The van der Waals surface area contributed by atoms with Gasteiger partial charge in [0.1, 0.15) is 11.5 Å². The van der Waals surface area contributed by atoms with Gasteiger partial charge in [0, 0.05) is 12.1 Å². The van der Waals surface area contributed by atoms with Crippen molar-refractivity contribution in [2.24, 2.45) is 5.92 Å². The molecule has 1 aromatic rings. The fraction of sp³-hybridized carbons (Fsp3) is 0.571. The van der Waals surface area contributed by atoms with Gasteiger partial charge < -0.3 is 14.8 Å². The Balaban J connectivity index is 2.16. The Bertz CT molecular complexity index is 374. The minimum atomic E-state index is 0.552. The number of nitrogens with one attached hydrogen (secondary N) is 1. The van der Waals surface area contributed by atoms with E-state index in [4.69, 9.17) is 9.47 Å².